The highest BCUT2D eigenvalue weighted by Crippen LogP contribution is 2.30. The molecule has 1 amide bonds. The lowest BCUT2D eigenvalue weighted by Crippen LogP contribution is -2.40. The average molecular weight is 542 g/mol. The second-order valence-electron chi connectivity index (χ2n) is 8.11. The van der Waals surface area contributed by atoms with Crippen LogP contribution in [0.4, 0.5) is 11.4 Å². The molecule has 0 aliphatic carbocycles. The molecule has 0 bridgehead atoms. The summed E-state index contributed by atoms with van der Waals surface area (Å²) in [6, 6.07) is 10.6. The minimum absolute atomic E-state index is 0.0278. The van der Waals surface area contributed by atoms with Crippen LogP contribution in [0.25, 0.3) is 0 Å². The van der Waals surface area contributed by atoms with Crippen LogP contribution >= 0.6 is 0 Å². The van der Waals surface area contributed by atoms with Crippen molar-refractivity contribution in [1.82, 2.24) is 4.31 Å². The summed E-state index contributed by atoms with van der Waals surface area (Å²) in [7, 11) is -4.32. The van der Waals surface area contributed by atoms with Gasteiger partial charge in [-0.25, -0.2) is 16.8 Å². The van der Waals surface area contributed by atoms with Gasteiger partial charge >= 0.3 is 0 Å². The molecule has 0 unspecified atom stereocenters. The number of hydrogen-bond donors (Lipinski definition) is 1. The first-order valence-electron chi connectivity index (χ1n) is 11.2. The van der Waals surface area contributed by atoms with E-state index in [1.165, 1.54) is 36.7 Å². The number of amides is 1. The van der Waals surface area contributed by atoms with E-state index in [2.05, 4.69) is 5.32 Å². The number of benzene rings is 2. The summed E-state index contributed by atoms with van der Waals surface area (Å²) in [6.45, 7) is 2.91. The van der Waals surface area contributed by atoms with Crippen LogP contribution in [0.2, 0.25) is 0 Å². The van der Waals surface area contributed by atoms with Gasteiger partial charge in [0.2, 0.25) is 20.0 Å². The maximum Gasteiger partial charge on any atom is 0.265 e. The minimum atomic E-state index is -3.77. The molecule has 0 saturated carbocycles. The SMILES string of the molecule is CC[C@H](Oc1ccc(N(C)S(C)(=O)=O)cc1)C(=O)Nc1cc(S(=O)(=O)N2CCOCC2)ccc1OC. The average Bonchev–Trinajstić information content (AvgIpc) is 2.87. The molecule has 0 radical (unpaired) electrons. The summed E-state index contributed by atoms with van der Waals surface area (Å²) in [5.41, 5.74) is 0.648. The Morgan fingerprint density at radius 1 is 1.11 bits per heavy atom. The van der Waals surface area contributed by atoms with Gasteiger partial charge in [0.25, 0.3) is 5.91 Å². The van der Waals surface area contributed by atoms with Crippen molar-refractivity contribution in [2.24, 2.45) is 0 Å². The summed E-state index contributed by atoms with van der Waals surface area (Å²) in [6.07, 6.45) is 0.530. The number of anilines is 2. The lowest BCUT2D eigenvalue weighted by atomic mass is 10.2. The Labute approximate surface area is 212 Å². The van der Waals surface area contributed by atoms with Crippen LogP contribution in [-0.2, 0) is 29.6 Å². The normalized spacial score (nSPS) is 15.7. The van der Waals surface area contributed by atoms with Crippen LogP contribution in [-0.4, -0.2) is 79.9 Å². The number of rotatable bonds is 10. The number of nitrogens with zero attached hydrogens (tertiary/aromatic N) is 2. The number of nitrogens with one attached hydrogen (secondary N) is 1. The third kappa shape index (κ3) is 6.46. The van der Waals surface area contributed by atoms with Gasteiger partial charge in [-0.1, -0.05) is 6.92 Å². The smallest absolute Gasteiger partial charge is 0.265 e. The Morgan fingerprint density at radius 3 is 2.31 bits per heavy atom. The molecule has 1 fully saturated rings. The summed E-state index contributed by atoms with van der Waals surface area (Å²) in [4.78, 5) is 13.1. The van der Waals surface area contributed by atoms with Gasteiger partial charge in [0.15, 0.2) is 6.10 Å². The van der Waals surface area contributed by atoms with Crippen LogP contribution in [0, 0.1) is 0 Å². The Hall–Kier alpha value is -2.87. The Morgan fingerprint density at radius 2 is 1.75 bits per heavy atom. The van der Waals surface area contributed by atoms with Gasteiger partial charge < -0.3 is 19.5 Å². The first kappa shape index (κ1) is 27.7. The fourth-order valence-electron chi connectivity index (χ4n) is 3.51. The van der Waals surface area contributed by atoms with E-state index in [1.807, 2.05) is 0 Å². The van der Waals surface area contributed by atoms with E-state index >= 15 is 0 Å². The van der Waals surface area contributed by atoms with Crippen molar-refractivity contribution in [3.05, 3.63) is 42.5 Å². The molecule has 1 aliphatic rings. The van der Waals surface area contributed by atoms with E-state index in [4.69, 9.17) is 14.2 Å². The topological polar surface area (TPSA) is 132 Å². The second kappa shape index (κ2) is 11.5. The highest BCUT2D eigenvalue weighted by molar-refractivity contribution is 7.92. The van der Waals surface area contributed by atoms with Crippen molar-refractivity contribution in [3.8, 4) is 11.5 Å². The summed E-state index contributed by atoms with van der Waals surface area (Å²) in [5, 5.41) is 2.71. The van der Waals surface area contributed by atoms with Crippen molar-refractivity contribution < 1.29 is 35.8 Å². The number of ether oxygens (including phenoxy) is 3. The van der Waals surface area contributed by atoms with Crippen molar-refractivity contribution in [3.63, 3.8) is 0 Å². The predicted molar refractivity (Wildman–Crippen MR) is 136 cm³/mol. The first-order valence-corrected chi connectivity index (χ1v) is 14.5. The molecule has 198 valence electrons. The highest BCUT2D eigenvalue weighted by atomic mass is 32.2. The predicted octanol–water partition coefficient (Wildman–Crippen LogP) is 1.91. The van der Waals surface area contributed by atoms with E-state index in [-0.39, 0.29) is 23.7 Å². The van der Waals surface area contributed by atoms with Crippen LogP contribution < -0.4 is 19.1 Å². The van der Waals surface area contributed by atoms with Gasteiger partial charge in [-0.2, -0.15) is 4.31 Å². The summed E-state index contributed by atoms with van der Waals surface area (Å²) in [5.74, 6) is 0.180. The maximum atomic E-state index is 13.0. The molecule has 3 rings (SSSR count). The standard InChI is InChI=1S/C23H31N3O8S2/c1-5-21(34-18-8-6-17(7-9-18)25(2)35(4,28)29)23(27)24-20-16-19(10-11-22(20)32-3)36(30,31)26-12-14-33-15-13-26/h6-11,16,21H,5,12-15H2,1-4H3,(H,24,27)/t21-/m0/s1. The van der Waals surface area contributed by atoms with E-state index in [0.717, 1.165) is 10.6 Å². The quantitative estimate of drug-likeness (QED) is 0.483. The van der Waals surface area contributed by atoms with E-state index < -0.39 is 32.1 Å². The van der Waals surface area contributed by atoms with Gasteiger partial charge in [-0.15, -0.1) is 0 Å². The van der Waals surface area contributed by atoms with E-state index in [1.54, 1.807) is 31.2 Å². The number of carbonyl (C=O) groups excluding carboxylic acids is 1. The lowest BCUT2D eigenvalue weighted by Gasteiger charge is -2.26. The van der Waals surface area contributed by atoms with Crippen molar-refractivity contribution >= 4 is 37.3 Å². The van der Waals surface area contributed by atoms with Gasteiger partial charge in [0.1, 0.15) is 11.5 Å². The maximum absolute atomic E-state index is 13.0. The molecule has 0 aromatic heterocycles. The molecular formula is C23H31N3O8S2. The molecule has 2 aromatic carbocycles. The Kier molecular flexibility index (Phi) is 8.82. The molecule has 0 spiro atoms. The van der Waals surface area contributed by atoms with Gasteiger partial charge in [-0.05, 0) is 48.9 Å². The van der Waals surface area contributed by atoms with Gasteiger partial charge in [-0.3, -0.25) is 9.10 Å². The van der Waals surface area contributed by atoms with Crippen molar-refractivity contribution in [2.45, 2.75) is 24.3 Å². The molecule has 1 saturated heterocycles. The molecular weight excluding hydrogens is 510 g/mol. The molecule has 1 atom stereocenters. The Balaban J connectivity index is 1.77. The number of morpholine rings is 1. The van der Waals surface area contributed by atoms with E-state index in [0.29, 0.717) is 36.8 Å². The zero-order chi connectivity index (χ0) is 26.5. The molecule has 11 nitrogen and oxygen atoms in total. The van der Waals surface area contributed by atoms with Crippen LogP contribution in [0.5, 0.6) is 11.5 Å². The largest absolute Gasteiger partial charge is 0.495 e. The molecule has 1 heterocycles. The minimum Gasteiger partial charge on any atom is -0.495 e. The zero-order valence-corrected chi connectivity index (χ0v) is 22.3. The molecule has 2 aromatic rings. The van der Waals surface area contributed by atoms with Crippen LogP contribution in [0.15, 0.2) is 47.4 Å². The molecule has 1 N–H and O–H groups in total. The zero-order valence-electron chi connectivity index (χ0n) is 20.6. The fourth-order valence-corrected chi connectivity index (χ4v) is 5.45. The van der Waals surface area contributed by atoms with Crippen molar-refractivity contribution in [1.29, 1.82) is 0 Å². The number of carbonyl (C=O) groups is 1. The number of sulfonamides is 2. The molecule has 36 heavy (non-hydrogen) atoms. The first-order chi connectivity index (χ1) is 17.0. The monoisotopic (exact) mass is 541 g/mol. The van der Waals surface area contributed by atoms with Gasteiger partial charge in [0, 0.05) is 20.1 Å². The third-order valence-corrected chi connectivity index (χ3v) is 8.78. The van der Waals surface area contributed by atoms with Crippen LogP contribution in [0.3, 0.4) is 0 Å². The Bertz CT molecular complexity index is 1270. The van der Waals surface area contributed by atoms with E-state index in [9.17, 15) is 21.6 Å². The fraction of sp³-hybridized carbons (Fsp3) is 0.435. The lowest BCUT2D eigenvalue weighted by molar-refractivity contribution is -0.122. The summed E-state index contributed by atoms with van der Waals surface area (Å²) < 4.78 is 68.4. The van der Waals surface area contributed by atoms with Crippen LogP contribution in [0.1, 0.15) is 13.3 Å². The number of hydrogen-bond acceptors (Lipinski definition) is 8. The van der Waals surface area contributed by atoms with Crippen molar-refractivity contribution in [2.75, 3.05) is 56.3 Å². The summed E-state index contributed by atoms with van der Waals surface area (Å²) >= 11 is 0. The van der Waals surface area contributed by atoms with Gasteiger partial charge in [0.05, 0.1) is 42.8 Å². The highest BCUT2D eigenvalue weighted by Gasteiger charge is 2.28. The number of methoxy groups -OCH3 is 1. The third-order valence-electron chi connectivity index (χ3n) is 5.68. The second-order valence-corrected chi connectivity index (χ2v) is 12.1. The molecule has 1 aliphatic heterocycles. The molecule has 13 heteroatoms.